The Bertz CT molecular complexity index is 786. The summed E-state index contributed by atoms with van der Waals surface area (Å²) in [5.74, 6) is 2.94. The molecule has 0 aromatic rings. The molecule has 2 heteroatoms. The van der Waals surface area contributed by atoms with E-state index in [0.717, 1.165) is 24.7 Å². The molecule has 1 heterocycles. The third kappa shape index (κ3) is 2.84. The third-order valence-corrected chi connectivity index (χ3v) is 13.0. The molecule has 1 N–H and O–H groups in total. The van der Waals surface area contributed by atoms with Crippen LogP contribution in [0.25, 0.3) is 0 Å². The van der Waals surface area contributed by atoms with Crippen LogP contribution in [-0.4, -0.2) is 22.9 Å². The Labute approximate surface area is 198 Å². The van der Waals surface area contributed by atoms with Crippen LogP contribution < -0.4 is 0 Å². The van der Waals surface area contributed by atoms with Gasteiger partial charge in [-0.05, 0) is 123 Å². The zero-order chi connectivity index (χ0) is 23.3. The predicted molar refractivity (Wildman–Crippen MR) is 132 cm³/mol. The SMILES string of the molecule is C=C(C)[C@@H]1CC[C@@](C)([C@H]2CC[C@]3(C)[C@@H]2CC[C@H]2[C@@]4(C)CC[C@H](O)C(C)(C)[C@@H]4CC[C@]23C)O1. The van der Waals surface area contributed by atoms with Crippen molar-refractivity contribution in [3.8, 4) is 0 Å². The van der Waals surface area contributed by atoms with Crippen LogP contribution in [-0.2, 0) is 4.74 Å². The summed E-state index contributed by atoms with van der Waals surface area (Å²) in [7, 11) is 0. The summed E-state index contributed by atoms with van der Waals surface area (Å²) in [6.07, 6.45) is 12.8. The number of rotatable bonds is 2. The van der Waals surface area contributed by atoms with Crippen molar-refractivity contribution in [3.05, 3.63) is 12.2 Å². The minimum absolute atomic E-state index is 0.0350. The van der Waals surface area contributed by atoms with Gasteiger partial charge in [0.05, 0.1) is 17.8 Å². The third-order valence-electron chi connectivity index (χ3n) is 13.0. The van der Waals surface area contributed by atoms with Gasteiger partial charge >= 0.3 is 0 Å². The molecule has 4 saturated carbocycles. The van der Waals surface area contributed by atoms with Crippen LogP contribution >= 0.6 is 0 Å². The molecule has 10 atom stereocenters. The van der Waals surface area contributed by atoms with Crippen LogP contribution in [0.3, 0.4) is 0 Å². The molecule has 5 aliphatic rings. The van der Waals surface area contributed by atoms with Gasteiger partial charge in [-0.25, -0.2) is 0 Å². The second kappa shape index (κ2) is 7.09. The number of aliphatic hydroxyl groups is 1. The lowest BCUT2D eigenvalue weighted by atomic mass is 9.35. The Kier molecular flexibility index (Phi) is 5.19. The van der Waals surface area contributed by atoms with Gasteiger partial charge in [0.1, 0.15) is 0 Å². The van der Waals surface area contributed by atoms with Crippen molar-refractivity contribution in [3.63, 3.8) is 0 Å². The predicted octanol–water partition coefficient (Wildman–Crippen LogP) is 7.55. The van der Waals surface area contributed by atoms with Crippen molar-refractivity contribution in [2.45, 2.75) is 130 Å². The summed E-state index contributed by atoms with van der Waals surface area (Å²) in [6.45, 7) is 21.5. The van der Waals surface area contributed by atoms with E-state index in [2.05, 4.69) is 55.0 Å². The maximum absolute atomic E-state index is 10.9. The summed E-state index contributed by atoms with van der Waals surface area (Å²) in [4.78, 5) is 0. The standard InChI is InChI=1S/C30H50O2/c1-19(2)22-12-18-30(8,32-22)21-11-16-28(6)20(21)9-10-24-27(5)15-14-25(31)26(3,4)23(27)13-17-29(24,28)7/h20-25,31H,1,9-18H2,2-8H3/t20-,21+,22+,23+,24+,25+,27+,28-,29-,30+/m1/s1. The zero-order valence-electron chi connectivity index (χ0n) is 22.1. The lowest BCUT2D eigenvalue weighted by molar-refractivity contribution is -0.225. The average molecular weight is 443 g/mol. The van der Waals surface area contributed by atoms with E-state index in [-0.39, 0.29) is 23.2 Å². The molecule has 0 aromatic carbocycles. The molecular weight excluding hydrogens is 392 g/mol. The highest BCUT2D eigenvalue weighted by Crippen LogP contribution is 2.76. The topological polar surface area (TPSA) is 29.5 Å². The quantitative estimate of drug-likeness (QED) is 0.447. The minimum atomic E-state index is -0.131. The number of aliphatic hydroxyl groups excluding tert-OH is 1. The molecule has 182 valence electrons. The van der Waals surface area contributed by atoms with E-state index in [1.165, 1.54) is 56.9 Å². The molecule has 5 fully saturated rings. The van der Waals surface area contributed by atoms with Gasteiger partial charge in [-0.15, -0.1) is 0 Å². The smallest absolute Gasteiger partial charge is 0.0788 e. The Hall–Kier alpha value is -0.340. The molecule has 2 nitrogen and oxygen atoms in total. The molecule has 0 radical (unpaired) electrons. The highest BCUT2D eigenvalue weighted by molar-refractivity contribution is 5.19. The summed E-state index contributed by atoms with van der Waals surface area (Å²) in [5, 5.41) is 10.9. The number of ether oxygens (including phenoxy) is 1. The molecule has 0 bridgehead atoms. The van der Waals surface area contributed by atoms with Crippen LogP contribution in [0.15, 0.2) is 12.2 Å². The van der Waals surface area contributed by atoms with E-state index >= 15 is 0 Å². The van der Waals surface area contributed by atoms with E-state index in [0.29, 0.717) is 28.1 Å². The van der Waals surface area contributed by atoms with Gasteiger partial charge in [0, 0.05) is 0 Å². The Morgan fingerprint density at radius 2 is 1.44 bits per heavy atom. The monoisotopic (exact) mass is 442 g/mol. The number of hydrogen-bond acceptors (Lipinski definition) is 2. The molecule has 32 heavy (non-hydrogen) atoms. The van der Waals surface area contributed by atoms with Gasteiger partial charge in [0.15, 0.2) is 0 Å². The number of hydrogen-bond donors (Lipinski definition) is 1. The van der Waals surface area contributed by atoms with E-state index in [4.69, 9.17) is 4.74 Å². The normalized spacial score (nSPS) is 56.9. The van der Waals surface area contributed by atoms with Gasteiger partial charge < -0.3 is 9.84 Å². The van der Waals surface area contributed by atoms with Gasteiger partial charge in [0.25, 0.3) is 0 Å². The van der Waals surface area contributed by atoms with Crippen LogP contribution in [0.4, 0.5) is 0 Å². The van der Waals surface area contributed by atoms with Crippen LogP contribution in [0.2, 0.25) is 0 Å². The van der Waals surface area contributed by atoms with Crippen molar-refractivity contribution in [2.24, 2.45) is 45.3 Å². The first kappa shape index (κ1) is 23.4. The maximum Gasteiger partial charge on any atom is 0.0788 e. The Balaban J connectivity index is 1.45. The first-order valence-electron chi connectivity index (χ1n) is 13.8. The minimum Gasteiger partial charge on any atom is -0.393 e. The molecule has 0 unspecified atom stereocenters. The zero-order valence-corrected chi connectivity index (χ0v) is 22.1. The van der Waals surface area contributed by atoms with Crippen molar-refractivity contribution in [2.75, 3.05) is 0 Å². The average Bonchev–Trinajstić information content (AvgIpc) is 3.28. The summed E-state index contributed by atoms with van der Waals surface area (Å²) in [5.41, 5.74) is 2.50. The molecule has 1 saturated heterocycles. The van der Waals surface area contributed by atoms with E-state index < -0.39 is 0 Å². The maximum atomic E-state index is 10.9. The Morgan fingerprint density at radius 1 is 0.750 bits per heavy atom. The van der Waals surface area contributed by atoms with E-state index in [9.17, 15) is 5.11 Å². The van der Waals surface area contributed by atoms with Gasteiger partial charge in [-0.1, -0.05) is 46.8 Å². The van der Waals surface area contributed by atoms with Crippen LogP contribution in [0.1, 0.15) is 113 Å². The molecule has 1 aliphatic heterocycles. The largest absolute Gasteiger partial charge is 0.393 e. The first-order chi connectivity index (χ1) is 14.8. The summed E-state index contributed by atoms with van der Waals surface area (Å²) < 4.78 is 6.77. The fourth-order valence-corrected chi connectivity index (χ4v) is 10.9. The van der Waals surface area contributed by atoms with Crippen LogP contribution in [0, 0.1) is 45.3 Å². The van der Waals surface area contributed by atoms with Gasteiger partial charge in [-0.2, -0.15) is 0 Å². The van der Waals surface area contributed by atoms with Crippen molar-refractivity contribution in [1.82, 2.24) is 0 Å². The molecule has 0 aromatic heterocycles. The van der Waals surface area contributed by atoms with Gasteiger partial charge in [0.2, 0.25) is 0 Å². The molecule has 0 spiro atoms. The second-order valence-electron chi connectivity index (χ2n) is 14.5. The summed E-state index contributed by atoms with van der Waals surface area (Å²) in [6, 6.07) is 0. The highest BCUT2D eigenvalue weighted by atomic mass is 16.5. The van der Waals surface area contributed by atoms with E-state index in [1.54, 1.807) is 0 Å². The lowest BCUT2D eigenvalue weighted by Crippen LogP contribution is -2.64. The van der Waals surface area contributed by atoms with Crippen LogP contribution in [0.5, 0.6) is 0 Å². The Morgan fingerprint density at radius 3 is 2.09 bits per heavy atom. The fraction of sp³-hybridized carbons (Fsp3) is 0.933. The fourth-order valence-electron chi connectivity index (χ4n) is 10.9. The molecular formula is C30H50O2. The number of fused-ring (bicyclic) bond motifs is 5. The summed E-state index contributed by atoms with van der Waals surface area (Å²) >= 11 is 0. The van der Waals surface area contributed by atoms with Gasteiger partial charge in [-0.3, -0.25) is 0 Å². The lowest BCUT2D eigenvalue weighted by Gasteiger charge is -2.70. The van der Waals surface area contributed by atoms with Crippen molar-refractivity contribution >= 4 is 0 Å². The second-order valence-corrected chi connectivity index (χ2v) is 14.5. The van der Waals surface area contributed by atoms with Crippen molar-refractivity contribution in [1.29, 1.82) is 0 Å². The van der Waals surface area contributed by atoms with Crippen molar-refractivity contribution < 1.29 is 9.84 Å². The highest BCUT2D eigenvalue weighted by Gasteiger charge is 2.69. The molecule has 5 rings (SSSR count). The van der Waals surface area contributed by atoms with E-state index in [1.807, 2.05) is 0 Å². The molecule has 4 aliphatic carbocycles. The first-order valence-corrected chi connectivity index (χ1v) is 13.8. The molecule has 0 amide bonds.